The summed E-state index contributed by atoms with van der Waals surface area (Å²) in [4.78, 5) is 6.18. The lowest BCUT2D eigenvalue weighted by Crippen LogP contribution is -2.17. The fourth-order valence-electron chi connectivity index (χ4n) is 1.83. The molecule has 1 heterocycles. The van der Waals surface area contributed by atoms with E-state index in [0.29, 0.717) is 5.69 Å². The number of pyridine rings is 1. The first-order chi connectivity index (χ1) is 8.70. The van der Waals surface area contributed by atoms with Gasteiger partial charge >= 0.3 is 0 Å². The standard InChI is InChI=1S/C14H17N3O/c1-17(13-7-12(15)8-16-9-13)10-11-5-3-4-6-14(11)18-2/h3-9H,10,15H2,1-2H3. The summed E-state index contributed by atoms with van der Waals surface area (Å²) in [5.41, 5.74) is 8.51. The highest BCUT2D eigenvalue weighted by molar-refractivity contribution is 5.53. The molecule has 0 aliphatic rings. The SMILES string of the molecule is COc1ccccc1CN(C)c1cncc(N)c1. The highest BCUT2D eigenvalue weighted by atomic mass is 16.5. The van der Waals surface area contributed by atoms with Gasteiger partial charge in [0, 0.05) is 25.4 Å². The molecule has 18 heavy (non-hydrogen) atoms. The lowest BCUT2D eigenvalue weighted by Gasteiger charge is -2.20. The van der Waals surface area contributed by atoms with E-state index in [1.54, 1.807) is 19.5 Å². The maximum atomic E-state index is 5.73. The van der Waals surface area contributed by atoms with E-state index in [1.807, 2.05) is 31.3 Å². The van der Waals surface area contributed by atoms with Gasteiger partial charge in [-0.3, -0.25) is 4.98 Å². The van der Waals surface area contributed by atoms with Gasteiger partial charge in [-0.05, 0) is 12.1 Å². The number of hydrogen-bond acceptors (Lipinski definition) is 4. The maximum absolute atomic E-state index is 5.73. The summed E-state index contributed by atoms with van der Waals surface area (Å²) < 4.78 is 5.34. The van der Waals surface area contributed by atoms with Crippen molar-refractivity contribution in [2.24, 2.45) is 0 Å². The molecule has 0 aliphatic carbocycles. The molecular formula is C14H17N3O. The van der Waals surface area contributed by atoms with Crippen LogP contribution in [0.5, 0.6) is 5.75 Å². The number of hydrogen-bond donors (Lipinski definition) is 1. The molecule has 0 bridgehead atoms. The van der Waals surface area contributed by atoms with Crippen molar-refractivity contribution in [1.82, 2.24) is 4.98 Å². The van der Waals surface area contributed by atoms with Gasteiger partial charge in [-0.15, -0.1) is 0 Å². The van der Waals surface area contributed by atoms with Crippen molar-refractivity contribution in [3.05, 3.63) is 48.3 Å². The molecule has 0 saturated heterocycles. The van der Waals surface area contributed by atoms with Crippen LogP contribution in [-0.2, 0) is 6.54 Å². The van der Waals surface area contributed by atoms with E-state index >= 15 is 0 Å². The van der Waals surface area contributed by atoms with Gasteiger partial charge in [0.15, 0.2) is 0 Å². The molecule has 2 N–H and O–H groups in total. The number of methoxy groups -OCH3 is 1. The third kappa shape index (κ3) is 2.71. The minimum atomic E-state index is 0.666. The summed E-state index contributed by atoms with van der Waals surface area (Å²) in [5, 5.41) is 0. The normalized spacial score (nSPS) is 10.1. The Kier molecular flexibility index (Phi) is 3.67. The zero-order chi connectivity index (χ0) is 13.0. The van der Waals surface area contributed by atoms with Crippen LogP contribution in [0.25, 0.3) is 0 Å². The van der Waals surface area contributed by atoms with Gasteiger partial charge in [-0.2, -0.15) is 0 Å². The number of anilines is 2. The largest absolute Gasteiger partial charge is 0.496 e. The second kappa shape index (κ2) is 5.40. The number of nitrogen functional groups attached to an aromatic ring is 1. The first-order valence-corrected chi connectivity index (χ1v) is 5.74. The van der Waals surface area contributed by atoms with Crippen LogP contribution in [-0.4, -0.2) is 19.1 Å². The fourth-order valence-corrected chi connectivity index (χ4v) is 1.83. The topological polar surface area (TPSA) is 51.4 Å². The van der Waals surface area contributed by atoms with Crippen molar-refractivity contribution >= 4 is 11.4 Å². The Balaban J connectivity index is 2.18. The van der Waals surface area contributed by atoms with Crippen molar-refractivity contribution in [2.45, 2.75) is 6.54 Å². The van der Waals surface area contributed by atoms with Crippen LogP contribution < -0.4 is 15.4 Å². The molecule has 0 aliphatic heterocycles. The van der Waals surface area contributed by atoms with Gasteiger partial charge in [-0.25, -0.2) is 0 Å². The average Bonchev–Trinajstić information content (AvgIpc) is 2.39. The van der Waals surface area contributed by atoms with E-state index in [9.17, 15) is 0 Å². The summed E-state index contributed by atoms with van der Waals surface area (Å²) in [7, 11) is 3.68. The Labute approximate surface area is 107 Å². The molecule has 4 heteroatoms. The monoisotopic (exact) mass is 243 g/mol. The Morgan fingerprint density at radius 2 is 2.06 bits per heavy atom. The molecule has 0 amide bonds. The van der Waals surface area contributed by atoms with Gasteiger partial charge < -0.3 is 15.4 Å². The quantitative estimate of drug-likeness (QED) is 0.895. The van der Waals surface area contributed by atoms with Crippen LogP contribution in [0.3, 0.4) is 0 Å². The van der Waals surface area contributed by atoms with E-state index in [4.69, 9.17) is 10.5 Å². The minimum absolute atomic E-state index is 0.666. The second-order valence-corrected chi connectivity index (χ2v) is 4.14. The van der Waals surface area contributed by atoms with Crippen molar-refractivity contribution in [3.63, 3.8) is 0 Å². The average molecular weight is 243 g/mol. The third-order valence-electron chi connectivity index (χ3n) is 2.79. The zero-order valence-electron chi connectivity index (χ0n) is 10.6. The Bertz CT molecular complexity index is 528. The van der Waals surface area contributed by atoms with Gasteiger partial charge in [-0.1, -0.05) is 18.2 Å². The number of benzene rings is 1. The smallest absolute Gasteiger partial charge is 0.123 e. The third-order valence-corrected chi connectivity index (χ3v) is 2.79. The number of rotatable bonds is 4. The van der Waals surface area contributed by atoms with Crippen molar-refractivity contribution < 1.29 is 4.74 Å². The summed E-state index contributed by atoms with van der Waals surface area (Å²) in [5.74, 6) is 0.890. The van der Waals surface area contributed by atoms with Gasteiger partial charge in [0.1, 0.15) is 5.75 Å². The maximum Gasteiger partial charge on any atom is 0.123 e. The van der Waals surface area contributed by atoms with Gasteiger partial charge in [0.05, 0.1) is 24.7 Å². The van der Waals surface area contributed by atoms with E-state index < -0.39 is 0 Å². The van der Waals surface area contributed by atoms with E-state index in [2.05, 4.69) is 16.0 Å². The summed E-state index contributed by atoms with van der Waals surface area (Å²) in [6.45, 7) is 0.745. The molecular weight excluding hydrogens is 226 g/mol. The molecule has 0 spiro atoms. The molecule has 1 aromatic heterocycles. The predicted octanol–water partition coefficient (Wildman–Crippen LogP) is 2.31. The molecule has 0 saturated carbocycles. The Morgan fingerprint density at radius 1 is 1.28 bits per heavy atom. The van der Waals surface area contributed by atoms with E-state index in [-0.39, 0.29) is 0 Å². The fraction of sp³-hybridized carbons (Fsp3) is 0.214. The molecule has 0 fully saturated rings. The Morgan fingerprint density at radius 3 is 2.78 bits per heavy atom. The molecule has 0 atom stereocenters. The summed E-state index contributed by atoms with van der Waals surface area (Å²) >= 11 is 0. The molecule has 1 aromatic carbocycles. The number of nitrogens with two attached hydrogens (primary N) is 1. The van der Waals surface area contributed by atoms with Crippen molar-refractivity contribution in [3.8, 4) is 5.75 Å². The number of para-hydroxylation sites is 1. The zero-order valence-corrected chi connectivity index (χ0v) is 10.6. The molecule has 0 radical (unpaired) electrons. The van der Waals surface area contributed by atoms with Gasteiger partial charge in [0.2, 0.25) is 0 Å². The molecule has 4 nitrogen and oxygen atoms in total. The highest BCUT2D eigenvalue weighted by Gasteiger charge is 2.07. The second-order valence-electron chi connectivity index (χ2n) is 4.14. The van der Waals surface area contributed by atoms with Crippen LogP contribution in [0.4, 0.5) is 11.4 Å². The molecule has 2 aromatic rings. The molecule has 94 valence electrons. The lowest BCUT2D eigenvalue weighted by atomic mass is 10.2. The van der Waals surface area contributed by atoms with Crippen LogP contribution in [0, 0.1) is 0 Å². The molecule has 0 unspecified atom stereocenters. The first kappa shape index (κ1) is 12.2. The van der Waals surface area contributed by atoms with Crippen molar-refractivity contribution in [2.75, 3.05) is 24.8 Å². The Hall–Kier alpha value is -2.23. The number of aromatic nitrogens is 1. The van der Waals surface area contributed by atoms with Crippen LogP contribution in [0.2, 0.25) is 0 Å². The van der Waals surface area contributed by atoms with Crippen molar-refractivity contribution in [1.29, 1.82) is 0 Å². The van der Waals surface area contributed by atoms with Crippen LogP contribution >= 0.6 is 0 Å². The predicted molar refractivity (Wildman–Crippen MR) is 73.8 cm³/mol. The van der Waals surface area contributed by atoms with E-state index in [0.717, 1.165) is 23.5 Å². The van der Waals surface area contributed by atoms with Gasteiger partial charge in [0.25, 0.3) is 0 Å². The van der Waals surface area contributed by atoms with Crippen LogP contribution in [0.15, 0.2) is 42.7 Å². The van der Waals surface area contributed by atoms with E-state index in [1.165, 1.54) is 0 Å². The number of nitrogens with zero attached hydrogens (tertiary/aromatic N) is 2. The van der Waals surface area contributed by atoms with Crippen LogP contribution in [0.1, 0.15) is 5.56 Å². The first-order valence-electron chi connectivity index (χ1n) is 5.74. The lowest BCUT2D eigenvalue weighted by molar-refractivity contribution is 0.409. The minimum Gasteiger partial charge on any atom is -0.496 e. The summed E-state index contributed by atoms with van der Waals surface area (Å²) in [6, 6.07) is 9.88. The number of ether oxygens (including phenoxy) is 1. The summed E-state index contributed by atoms with van der Waals surface area (Å²) in [6.07, 6.45) is 3.44. The molecule has 2 rings (SSSR count). The highest BCUT2D eigenvalue weighted by Crippen LogP contribution is 2.22.